The number of rotatable bonds is 6. The summed E-state index contributed by atoms with van der Waals surface area (Å²) in [5.74, 6) is -0.0207. The van der Waals surface area contributed by atoms with E-state index in [1.807, 2.05) is 0 Å². The summed E-state index contributed by atoms with van der Waals surface area (Å²) in [5.41, 5.74) is 0.421. The molecule has 0 radical (unpaired) electrons. The van der Waals surface area contributed by atoms with E-state index in [1.54, 1.807) is 12.1 Å². The minimum atomic E-state index is -0.445. The number of nitrogens with zero attached hydrogens (tertiary/aromatic N) is 1. The van der Waals surface area contributed by atoms with Gasteiger partial charge >= 0.3 is 0 Å². The minimum absolute atomic E-state index is 0.00537. The van der Waals surface area contributed by atoms with Gasteiger partial charge in [0.25, 0.3) is 5.69 Å². The highest BCUT2D eigenvalue weighted by atomic mass is 79.9. The first-order valence-corrected chi connectivity index (χ1v) is 6.83. The monoisotopic (exact) mass is 327 g/mol. The van der Waals surface area contributed by atoms with Gasteiger partial charge in [-0.2, -0.15) is 0 Å². The van der Waals surface area contributed by atoms with Crippen molar-refractivity contribution in [1.29, 1.82) is 0 Å². The molecule has 19 heavy (non-hydrogen) atoms. The summed E-state index contributed by atoms with van der Waals surface area (Å²) in [5, 5.41) is 16.6. The predicted molar refractivity (Wildman–Crippen MR) is 75.1 cm³/mol. The summed E-state index contributed by atoms with van der Waals surface area (Å²) in [4.78, 5) is 21.9. The molecule has 1 amide bonds. The van der Waals surface area contributed by atoms with E-state index in [0.29, 0.717) is 24.7 Å². The Hall–Kier alpha value is -1.63. The Labute approximate surface area is 118 Å². The molecule has 0 aromatic heterocycles. The molecule has 102 valence electrons. The molecule has 2 rings (SSSR count). The number of halogens is 1. The number of amides is 1. The van der Waals surface area contributed by atoms with Crippen molar-refractivity contribution in [3.63, 3.8) is 0 Å². The molecular formula is C12H14BrN3O3. The maximum atomic E-state index is 11.5. The number of nitrogens with one attached hydrogen (secondary N) is 2. The SMILES string of the molecule is O=C(CCNc1cc(Br)ccc1[N+](=O)[O-])NC1CC1. The Morgan fingerprint density at radius 1 is 1.47 bits per heavy atom. The van der Waals surface area contributed by atoms with Crippen LogP contribution in [-0.4, -0.2) is 23.4 Å². The van der Waals surface area contributed by atoms with Gasteiger partial charge in [0.05, 0.1) is 4.92 Å². The summed E-state index contributed by atoms with van der Waals surface area (Å²) in [6.07, 6.45) is 2.41. The molecule has 1 aliphatic rings. The van der Waals surface area contributed by atoms with Crippen molar-refractivity contribution in [3.8, 4) is 0 Å². The van der Waals surface area contributed by atoms with Crippen LogP contribution in [0.1, 0.15) is 19.3 Å². The summed E-state index contributed by atoms with van der Waals surface area (Å²) >= 11 is 3.27. The summed E-state index contributed by atoms with van der Waals surface area (Å²) < 4.78 is 0.753. The van der Waals surface area contributed by atoms with Gasteiger partial charge in [-0.05, 0) is 25.0 Å². The molecule has 1 fully saturated rings. The van der Waals surface area contributed by atoms with Gasteiger partial charge in [-0.25, -0.2) is 0 Å². The Balaban J connectivity index is 1.88. The largest absolute Gasteiger partial charge is 0.379 e. The second-order valence-electron chi connectivity index (χ2n) is 4.44. The molecule has 0 unspecified atom stereocenters. The van der Waals surface area contributed by atoms with E-state index >= 15 is 0 Å². The van der Waals surface area contributed by atoms with Crippen molar-refractivity contribution >= 4 is 33.2 Å². The van der Waals surface area contributed by atoms with E-state index in [0.717, 1.165) is 17.3 Å². The van der Waals surface area contributed by atoms with Crippen LogP contribution in [0.5, 0.6) is 0 Å². The number of nitro groups is 1. The average molecular weight is 328 g/mol. The van der Waals surface area contributed by atoms with Gasteiger partial charge in [0.2, 0.25) is 5.91 Å². The number of carbonyl (C=O) groups is 1. The molecule has 2 N–H and O–H groups in total. The van der Waals surface area contributed by atoms with Gasteiger partial charge in [0, 0.05) is 29.5 Å². The zero-order valence-corrected chi connectivity index (χ0v) is 11.8. The highest BCUT2D eigenvalue weighted by Gasteiger charge is 2.22. The molecule has 1 aromatic carbocycles. The summed E-state index contributed by atoms with van der Waals surface area (Å²) in [7, 11) is 0. The molecule has 0 heterocycles. The fourth-order valence-corrected chi connectivity index (χ4v) is 2.01. The van der Waals surface area contributed by atoms with E-state index in [1.165, 1.54) is 6.07 Å². The second kappa shape index (κ2) is 6.01. The lowest BCUT2D eigenvalue weighted by Crippen LogP contribution is -2.27. The van der Waals surface area contributed by atoms with Crippen LogP contribution in [0.15, 0.2) is 22.7 Å². The zero-order chi connectivity index (χ0) is 13.8. The van der Waals surface area contributed by atoms with Gasteiger partial charge in [-0.3, -0.25) is 14.9 Å². The van der Waals surface area contributed by atoms with E-state index in [9.17, 15) is 14.9 Å². The topological polar surface area (TPSA) is 84.3 Å². The van der Waals surface area contributed by atoms with E-state index < -0.39 is 4.92 Å². The smallest absolute Gasteiger partial charge is 0.292 e. The van der Waals surface area contributed by atoms with Crippen molar-refractivity contribution in [1.82, 2.24) is 5.32 Å². The van der Waals surface area contributed by atoms with Gasteiger partial charge in [-0.1, -0.05) is 15.9 Å². The Bertz CT molecular complexity index is 503. The highest BCUT2D eigenvalue weighted by molar-refractivity contribution is 9.10. The highest BCUT2D eigenvalue weighted by Crippen LogP contribution is 2.27. The maximum Gasteiger partial charge on any atom is 0.292 e. The van der Waals surface area contributed by atoms with Crippen LogP contribution in [0.3, 0.4) is 0 Å². The third-order valence-corrected chi connectivity index (χ3v) is 3.26. The van der Waals surface area contributed by atoms with Gasteiger partial charge in [0.1, 0.15) is 5.69 Å². The number of hydrogen-bond donors (Lipinski definition) is 2. The van der Waals surface area contributed by atoms with Crippen molar-refractivity contribution in [2.75, 3.05) is 11.9 Å². The van der Waals surface area contributed by atoms with Crippen LogP contribution in [0.2, 0.25) is 0 Å². The molecule has 1 saturated carbocycles. The quantitative estimate of drug-likeness (QED) is 0.620. The number of nitro benzene ring substituents is 1. The van der Waals surface area contributed by atoms with Crippen LogP contribution >= 0.6 is 15.9 Å². The van der Waals surface area contributed by atoms with E-state index in [4.69, 9.17) is 0 Å². The molecule has 0 saturated heterocycles. The van der Waals surface area contributed by atoms with Crippen LogP contribution in [0.25, 0.3) is 0 Å². The van der Waals surface area contributed by atoms with E-state index in [2.05, 4.69) is 26.6 Å². The summed E-state index contributed by atoms with van der Waals surface area (Å²) in [6.45, 7) is 0.371. The van der Waals surface area contributed by atoms with Crippen molar-refractivity contribution in [2.24, 2.45) is 0 Å². The van der Waals surface area contributed by atoms with Crippen LogP contribution in [0.4, 0.5) is 11.4 Å². The molecular weight excluding hydrogens is 314 g/mol. The minimum Gasteiger partial charge on any atom is -0.379 e. The molecule has 6 nitrogen and oxygen atoms in total. The number of hydrogen-bond acceptors (Lipinski definition) is 4. The molecule has 7 heteroatoms. The van der Waals surface area contributed by atoms with Gasteiger partial charge in [0.15, 0.2) is 0 Å². The Morgan fingerprint density at radius 3 is 2.84 bits per heavy atom. The van der Waals surface area contributed by atoms with Crippen molar-refractivity contribution < 1.29 is 9.72 Å². The first-order valence-electron chi connectivity index (χ1n) is 6.03. The summed E-state index contributed by atoms with van der Waals surface area (Å²) in [6, 6.07) is 5.02. The first-order chi connectivity index (χ1) is 9.06. The van der Waals surface area contributed by atoms with Crippen LogP contribution < -0.4 is 10.6 Å². The third-order valence-electron chi connectivity index (χ3n) is 2.77. The third kappa shape index (κ3) is 4.20. The number of carbonyl (C=O) groups excluding carboxylic acids is 1. The van der Waals surface area contributed by atoms with Crippen molar-refractivity contribution in [3.05, 3.63) is 32.8 Å². The molecule has 0 aliphatic heterocycles. The molecule has 0 atom stereocenters. The zero-order valence-electron chi connectivity index (χ0n) is 10.2. The molecule has 1 aromatic rings. The number of anilines is 1. The normalized spacial score (nSPS) is 13.9. The molecule has 0 spiro atoms. The second-order valence-corrected chi connectivity index (χ2v) is 5.35. The lowest BCUT2D eigenvalue weighted by molar-refractivity contribution is -0.384. The van der Waals surface area contributed by atoms with Crippen molar-refractivity contribution in [2.45, 2.75) is 25.3 Å². The predicted octanol–water partition coefficient (Wildman–Crippen LogP) is 2.44. The first kappa shape index (κ1) is 13.8. The average Bonchev–Trinajstić information content (AvgIpc) is 3.12. The van der Waals surface area contributed by atoms with E-state index in [-0.39, 0.29) is 11.6 Å². The standard InChI is InChI=1S/C12H14BrN3O3/c13-8-1-4-11(16(18)19)10(7-8)14-6-5-12(17)15-9-2-3-9/h1,4,7,9,14H,2-3,5-6H2,(H,15,17). The molecule has 1 aliphatic carbocycles. The fourth-order valence-electron chi connectivity index (χ4n) is 1.65. The Kier molecular flexibility index (Phi) is 4.36. The lowest BCUT2D eigenvalue weighted by Gasteiger charge is -2.07. The fraction of sp³-hybridized carbons (Fsp3) is 0.417. The van der Waals surface area contributed by atoms with Gasteiger partial charge < -0.3 is 10.6 Å². The van der Waals surface area contributed by atoms with Crippen LogP contribution in [-0.2, 0) is 4.79 Å². The Morgan fingerprint density at radius 2 is 2.21 bits per heavy atom. The van der Waals surface area contributed by atoms with Gasteiger partial charge in [-0.15, -0.1) is 0 Å². The maximum absolute atomic E-state index is 11.5. The number of benzene rings is 1. The van der Waals surface area contributed by atoms with Crippen LogP contribution in [0, 0.1) is 10.1 Å². The molecule has 0 bridgehead atoms. The lowest BCUT2D eigenvalue weighted by atomic mass is 10.2.